The maximum Gasteiger partial charge on any atom is 0.308 e. The fraction of sp³-hybridized carbons (Fsp3) is 0.773. The number of likely N-dealkylation sites (tertiary alicyclic amines) is 1. The minimum atomic E-state index is -0.962. The van der Waals surface area contributed by atoms with Crippen molar-refractivity contribution >= 4 is 29.5 Å². The molecule has 3 heterocycles. The third-order valence-electron chi connectivity index (χ3n) is 7.33. The molecule has 2 bridgehead atoms. The summed E-state index contributed by atoms with van der Waals surface area (Å²) in [7, 11) is 0. The van der Waals surface area contributed by atoms with E-state index in [-0.39, 0.29) is 35.6 Å². The molecule has 8 heteroatoms. The minimum absolute atomic E-state index is 0.0122. The van der Waals surface area contributed by atoms with Gasteiger partial charge in [-0.25, -0.2) is 0 Å². The van der Waals surface area contributed by atoms with Crippen molar-refractivity contribution in [2.45, 2.75) is 75.1 Å². The van der Waals surface area contributed by atoms with Crippen LogP contribution in [0, 0.1) is 17.8 Å². The van der Waals surface area contributed by atoms with E-state index in [2.05, 4.69) is 6.58 Å². The lowest BCUT2D eigenvalue weighted by Crippen LogP contribution is -2.59. The zero-order valence-electron chi connectivity index (χ0n) is 18.3. The Bertz CT molecular complexity index is 728. The summed E-state index contributed by atoms with van der Waals surface area (Å²) in [4.78, 5) is 43.0. The second-order valence-electron chi connectivity index (χ2n) is 9.15. The van der Waals surface area contributed by atoms with Gasteiger partial charge < -0.3 is 20.0 Å². The van der Waals surface area contributed by atoms with Gasteiger partial charge in [-0.3, -0.25) is 14.4 Å². The molecule has 0 aliphatic carbocycles. The average molecular weight is 439 g/mol. The van der Waals surface area contributed by atoms with Crippen molar-refractivity contribution in [3.63, 3.8) is 0 Å². The SMILES string of the molecule is C=CCN(C(=O)C1N([C@@H](CO)[C@@H](C)CC)C(=O)[C@@H]2[C@@H](C(=O)O)[C@H]3CCC12S3)C(C)C. The molecule has 3 saturated heterocycles. The van der Waals surface area contributed by atoms with E-state index in [1.54, 1.807) is 15.9 Å². The average Bonchev–Trinajstić information content (AvgIpc) is 3.33. The van der Waals surface area contributed by atoms with Gasteiger partial charge in [-0.05, 0) is 32.6 Å². The molecule has 3 fully saturated rings. The van der Waals surface area contributed by atoms with E-state index < -0.39 is 34.6 Å². The van der Waals surface area contributed by atoms with Crippen LogP contribution < -0.4 is 0 Å². The van der Waals surface area contributed by atoms with Crippen molar-refractivity contribution in [2.75, 3.05) is 13.2 Å². The molecular formula is C22H34N2O5S. The summed E-state index contributed by atoms with van der Waals surface area (Å²) < 4.78 is -0.739. The molecule has 0 aromatic heterocycles. The van der Waals surface area contributed by atoms with Gasteiger partial charge >= 0.3 is 5.97 Å². The Hall–Kier alpha value is -1.54. The molecule has 2 unspecified atom stereocenters. The quantitative estimate of drug-likeness (QED) is 0.534. The van der Waals surface area contributed by atoms with Crippen molar-refractivity contribution in [3.05, 3.63) is 12.7 Å². The van der Waals surface area contributed by atoms with E-state index >= 15 is 0 Å². The van der Waals surface area contributed by atoms with Gasteiger partial charge in [0.25, 0.3) is 0 Å². The van der Waals surface area contributed by atoms with Crippen molar-refractivity contribution in [1.29, 1.82) is 0 Å². The predicted molar refractivity (Wildman–Crippen MR) is 116 cm³/mol. The molecule has 3 aliphatic heterocycles. The van der Waals surface area contributed by atoms with Crippen molar-refractivity contribution in [3.8, 4) is 0 Å². The van der Waals surface area contributed by atoms with Crippen LogP contribution in [0.5, 0.6) is 0 Å². The van der Waals surface area contributed by atoms with Gasteiger partial charge in [0.15, 0.2) is 0 Å². The maximum absolute atomic E-state index is 13.9. The number of carbonyl (C=O) groups excluding carboxylic acids is 2. The Labute approximate surface area is 182 Å². The van der Waals surface area contributed by atoms with Gasteiger partial charge in [0.2, 0.25) is 11.8 Å². The maximum atomic E-state index is 13.9. The zero-order chi connectivity index (χ0) is 22.4. The third-order valence-corrected chi connectivity index (χ3v) is 9.29. The van der Waals surface area contributed by atoms with E-state index in [1.807, 2.05) is 27.7 Å². The van der Waals surface area contributed by atoms with Crippen LogP contribution in [-0.2, 0) is 14.4 Å². The number of hydrogen-bond acceptors (Lipinski definition) is 5. The summed E-state index contributed by atoms with van der Waals surface area (Å²) in [6, 6.07) is -1.36. The van der Waals surface area contributed by atoms with Crippen LogP contribution in [0.3, 0.4) is 0 Å². The standard InChI is InChI=1S/C22H34N2O5S/c1-6-10-23(12(3)4)20(27)18-22-9-8-15(30-22)16(21(28)29)17(22)19(26)24(18)14(11-25)13(5)7-2/h6,12-18,25H,1,7-11H2,2-5H3,(H,28,29)/t13-,14-,15+,16-,17-,18?,22?/m0/s1. The second kappa shape index (κ2) is 8.54. The van der Waals surface area contributed by atoms with E-state index in [4.69, 9.17) is 0 Å². The number of aliphatic carboxylic acids is 1. The van der Waals surface area contributed by atoms with Crippen LogP contribution >= 0.6 is 11.8 Å². The Morgan fingerprint density at radius 2 is 2.07 bits per heavy atom. The Morgan fingerprint density at radius 1 is 1.40 bits per heavy atom. The number of fused-ring (bicyclic) bond motifs is 1. The fourth-order valence-corrected chi connectivity index (χ4v) is 7.87. The number of carbonyl (C=O) groups is 3. The molecule has 3 rings (SSSR count). The first-order valence-electron chi connectivity index (χ1n) is 10.9. The molecule has 2 N–H and O–H groups in total. The third kappa shape index (κ3) is 3.27. The summed E-state index contributed by atoms with van der Waals surface area (Å²) in [5, 5.41) is 20.0. The first-order chi connectivity index (χ1) is 14.2. The smallest absolute Gasteiger partial charge is 0.308 e. The Kier molecular flexibility index (Phi) is 6.58. The molecule has 1 spiro atoms. The van der Waals surface area contributed by atoms with Crippen LogP contribution in [0.25, 0.3) is 0 Å². The molecule has 0 radical (unpaired) electrons. The molecule has 0 aromatic rings. The van der Waals surface area contributed by atoms with Crippen LogP contribution in [0.15, 0.2) is 12.7 Å². The predicted octanol–water partition coefficient (Wildman–Crippen LogP) is 1.99. The number of aliphatic hydroxyl groups is 1. The number of rotatable bonds is 9. The van der Waals surface area contributed by atoms with Gasteiger partial charge in [-0.15, -0.1) is 18.3 Å². The molecule has 7 atom stereocenters. The lowest BCUT2D eigenvalue weighted by atomic mass is 9.71. The van der Waals surface area contributed by atoms with E-state index in [1.165, 1.54) is 11.8 Å². The first-order valence-corrected chi connectivity index (χ1v) is 11.8. The number of carboxylic acids is 1. The second-order valence-corrected chi connectivity index (χ2v) is 10.7. The Balaban J connectivity index is 2.13. The van der Waals surface area contributed by atoms with Crippen LogP contribution in [0.2, 0.25) is 0 Å². The van der Waals surface area contributed by atoms with Crippen molar-refractivity contribution < 1.29 is 24.6 Å². The van der Waals surface area contributed by atoms with Gasteiger partial charge in [-0.1, -0.05) is 26.3 Å². The largest absolute Gasteiger partial charge is 0.481 e. The highest BCUT2D eigenvalue weighted by atomic mass is 32.2. The van der Waals surface area contributed by atoms with Gasteiger partial charge in [-0.2, -0.15) is 0 Å². The number of carboxylic acid groups (broad SMARTS) is 1. The number of hydrogen-bond donors (Lipinski definition) is 2. The summed E-state index contributed by atoms with van der Waals surface area (Å²) in [6.07, 6.45) is 3.76. The van der Waals surface area contributed by atoms with Crippen LogP contribution in [0.4, 0.5) is 0 Å². The van der Waals surface area contributed by atoms with Crippen molar-refractivity contribution in [1.82, 2.24) is 9.80 Å². The fourth-order valence-electron chi connectivity index (χ4n) is 5.68. The van der Waals surface area contributed by atoms with Crippen LogP contribution in [-0.4, -0.2) is 79.1 Å². The molecule has 3 aliphatic rings. The molecule has 30 heavy (non-hydrogen) atoms. The summed E-state index contributed by atoms with van der Waals surface area (Å²) in [5.74, 6) is -2.92. The number of nitrogens with zero attached hydrogens (tertiary/aromatic N) is 2. The first kappa shape index (κ1) is 23.1. The highest BCUT2D eigenvalue weighted by Crippen LogP contribution is 2.66. The van der Waals surface area contributed by atoms with Gasteiger partial charge in [0.1, 0.15) is 6.04 Å². The summed E-state index contributed by atoms with van der Waals surface area (Å²) >= 11 is 1.53. The van der Waals surface area contributed by atoms with Gasteiger partial charge in [0, 0.05) is 17.8 Å². The van der Waals surface area contributed by atoms with E-state index in [0.717, 1.165) is 6.42 Å². The molecule has 0 saturated carbocycles. The molecule has 2 amide bonds. The molecular weight excluding hydrogens is 404 g/mol. The number of amides is 2. The highest BCUT2D eigenvalue weighted by Gasteiger charge is 2.74. The zero-order valence-corrected chi connectivity index (χ0v) is 19.1. The molecule has 168 valence electrons. The van der Waals surface area contributed by atoms with Crippen molar-refractivity contribution in [2.24, 2.45) is 17.8 Å². The van der Waals surface area contributed by atoms with E-state index in [9.17, 15) is 24.6 Å². The monoisotopic (exact) mass is 438 g/mol. The topological polar surface area (TPSA) is 98.2 Å². The molecule has 0 aromatic carbocycles. The summed E-state index contributed by atoms with van der Waals surface area (Å²) in [5.41, 5.74) is 0. The Morgan fingerprint density at radius 3 is 2.57 bits per heavy atom. The highest BCUT2D eigenvalue weighted by molar-refractivity contribution is 8.02. The number of thioether (sulfide) groups is 1. The lowest BCUT2D eigenvalue weighted by molar-refractivity contribution is -0.150. The van der Waals surface area contributed by atoms with Crippen LogP contribution in [0.1, 0.15) is 47.0 Å². The summed E-state index contributed by atoms with van der Waals surface area (Å²) in [6.45, 7) is 11.7. The van der Waals surface area contributed by atoms with E-state index in [0.29, 0.717) is 19.4 Å². The lowest BCUT2D eigenvalue weighted by Gasteiger charge is -2.42. The number of aliphatic hydroxyl groups excluding tert-OH is 1. The van der Waals surface area contributed by atoms with Gasteiger partial charge in [0.05, 0.1) is 29.2 Å². The normalized spacial score (nSPS) is 34.2. The molecule has 7 nitrogen and oxygen atoms in total. The minimum Gasteiger partial charge on any atom is -0.481 e.